The van der Waals surface area contributed by atoms with Gasteiger partial charge in [0.25, 0.3) is 0 Å². The van der Waals surface area contributed by atoms with Crippen molar-refractivity contribution in [3.8, 4) is 0 Å². The molecule has 1 heterocycles. The Morgan fingerprint density at radius 2 is 1.35 bits per heavy atom. The van der Waals surface area contributed by atoms with Gasteiger partial charge in [-0.1, -0.05) is 0 Å². The first-order valence-corrected chi connectivity index (χ1v) is 7.75. The number of piperazine rings is 1. The first kappa shape index (κ1) is 10.8. The normalized spacial score (nSPS) is 51.7. The Morgan fingerprint density at radius 1 is 0.882 bits per heavy atom. The minimum absolute atomic E-state index is 0.705. The van der Waals surface area contributed by atoms with E-state index >= 15 is 0 Å². The Balaban J connectivity index is 1.67. The standard InChI is InChI=1S/C15H27N2/c1-17(4-2-16-3-5-17)15-9-12-6-13(10-15)8-14(7-12)11-15/h12-14,16H,2-11H2,1H3/q+1. The maximum absolute atomic E-state index is 3.56. The lowest BCUT2D eigenvalue weighted by Gasteiger charge is -2.64. The molecule has 0 atom stereocenters. The van der Waals surface area contributed by atoms with Crippen LogP contribution < -0.4 is 5.32 Å². The molecule has 5 rings (SSSR count). The quantitative estimate of drug-likeness (QED) is 0.686. The van der Waals surface area contributed by atoms with Crippen molar-refractivity contribution in [1.29, 1.82) is 0 Å². The third-order valence-electron chi connectivity index (χ3n) is 6.72. The van der Waals surface area contributed by atoms with Gasteiger partial charge in [0.05, 0.1) is 25.7 Å². The van der Waals surface area contributed by atoms with E-state index in [1.54, 1.807) is 38.5 Å². The number of likely N-dealkylation sites (N-methyl/N-ethyl adjacent to an activating group) is 1. The molecule has 2 nitrogen and oxygen atoms in total. The molecule has 17 heavy (non-hydrogen) atoms. The Hall–Kier alpha value is -0.0800. The van der Waals surface area contributed by atoms with Gasteiger partial charge in [-0.2, -0.15) is 0 Å². The van der Waals surface area contributed by atoms with E-state index in [1.807, 2.05) is 0 Å². The first-order valence-electron chi connectivity index (χ1n) is 7.75. The predicted molar refractivity (Wildman–Crippen MR) is 69.7 cm³/mol. The van der Waals surface area contributed by atoms with Crippen LogP contribution in [0.4, 0.5) is 0 Å². The van der Waals surface area contributed by atoms with Crippen LogP contribution >= 0.6 is 0 Å². The van der Waals surface area contributed by atoms with E-state index in [2.05, 4.69) is 12.4 Å². The van der Waals surface area contributed by atoms with Gasteiger partial charge in [0.2, 0.25) is 0 Å². The summed E-state index contributed by atoms with van der Waals surface area (Å²) in [7, 11) is 2.58. The zero-order valence-corrected chi connectivity index (χ0v) is 11.3. The minimum atomic E-state index is 0.705. The molecular formula is C15H27N2+. The van der Waals surface area contributed by atoms with E-state index in [0.29, 0.717) is 5.54 Å². The van der Waals surface area contributed by atoms with Crippen molar-refractivity contribution >= 4 is 0 Å². The summed E-state index contributed by atoms with van der Waals surface area (Å²) < 4.78 is 1.41. The summed E-state index contributed by atoms with van der Waals surface area (Å²) in [5.41, 5.74) is 0.705. The number of nitrogens with one attached hydrogen (secondary N) is 1. The zero-order chi connectivity index (χ0) is 11.5. The SMILES string of the molecule is C[N+]1(C23CC4CC(CC(C4)C2)C3)CCNCC1. The van der Waals surface area contributed by atoms with Crippen LogP contribution in [-0.4, -0.2) is 43.2 Å². The second-order valence-corrected chi connectivity index (χ2v) is 7.74. The van der Waals surface area contributed by atoms with Crippen molar-refractivity contribution in [3.63, 3.8) is 0 Å². The molecule has 0 aromatic rings. The van der Waals surface area contributed by atoms with Gasteiger partial charge in [0.15, 0.2) is 0 Å². The predicted octanol–water partition coefficient (Wildman–Crippen LogP) is 2.00. The van der Waals surface area contributed by atoms with Crippen LogP contribution in [0.1, 0.15) is 38.5 Å². The molecule has 2 heteroatoms. The number of nitrogens with zero attached hydrogens (tertiary/aromatic N) is 1. The fraction of sp³-hybridized carbons (Fsp3) is 1.00. The topological polar surface area (TPSA) is 12.0 Å². The molecular weight excluding hydrogens is 208 g/mol. The van der Waals surface area contributed by atoms with Crippen LogP contribution in [0.5, 0.6) is 0 Å². The molecule has 1 saturated heterocycles. The second kappa shape index (κ2) is 3.48. The third kappa shape index (κ3) is 1.46. The highest BCUT2D eigenvalue weighted by atomic mass is 15.4. The Bertz CT molecular complexity index is 282. The maximum atomic E-state index is 3.56. The van der Waals surface area contributed by atoms with Gasteiger partial charge in [-0.05, 0) is 37.0 Å². The maximum Gasteiger partial charge on any atom is 0.0999 e. The smallest absolute Gasteiger partial charge is 0.0999 e. The van der Waals surface area contributed by atoms with Crippen LogP contribution in [0.15, 0.2) is 0 Å². The molecule has 0 amide bonds. The van der Waals surface area contributed by atoms with Crippen molar-refractivity contribution in [2.24, 2.45) is 17.8 Å². The largest absolute Gasteiger partial charge is 0.319 e. The van der Waals surface area contributed by atoms with Crippen LogP contribution in [0.2, 0.25) is 0 Å². The van der Waals surface area contributed by atoms with Gasteiger partial charge in [-0.25, -0.2) is 0 Å². The average Bonchev–Trinajstić information content (AvgIpc) is 2.28. The molecule has 5 fully saturated rings. The lowest BCUT2D eigenvalue weighted by Crippen LogP contribution is -2.72. The summed E-state index contributed by atoms with van der Waals surface area (Å²) >= 11 is 0. The third-order valence-corrected chi connectivity index (χ3v) is 6.72. The molecule has 0 unspecified atom stereocenters. The molecule has 4 aliphatic carbocycles. The van der Waals surface area contributed by atoms with Gasteiger partial charge in [0.1, 0.15) is 0 Å². The number of quaternary nitrogens is 1. The number of hydrogen-bond acceptors (Lipinski definition) is 1. The Morgan fingerprint density at radius 3 is 1.82 bits per heavy atom. The molecule has 0 radical (unpaired) electrons. The minimum Gasteiger partial charge on any atom is -0.319 e. The van der Waals surface area contributed by atoms with Crippen LogP contribution in [-0.2, 0) is 0 Å². The molecule has 0 aromatic heterocycles. The van der Waals surface area contributed by atoms with Crippen LogP contribution in [0.25, 0.3) is 0 Å². The van der Waals surface area contributed by atoms with Crippen LogP contribution in [0, 0.1) is 17.8 Å². The van der Waals surface area contributed by atoms with Crippen molar-refractivity contribution in [3.05, 3.63) is 0 Å². The van der Waals surface area contributed by atoms with Crippen molar-refractivity contribution in [2.45, 2.75) is 44.1 Å². The van der Waals surface area contributed by atoms with Crippen molar-refractivity contribution < 1.29 is 4.48 Å². The monoisotopic (exact) mass is 235 g/mol. The molecule has 4 saturated carbocycles. The lowest BCUT2D eigenvalue weighted by atomic mass is 9.52. The van der Waals surface area contributed by atoms with E-state index in [1.165, 1.54) is 30.7 Å². The summed E-state index contributed by atoms with van der Waals surface area (Å²) in [6.07, 6.45) is 9.44. The highest BCUT2D eigenvalue weighted by Gasteiger charge is 2.59. The van der Waals surface area contributed by atoms with Crippen molar-refractivity contribution in [2.75, 3.05) is 33.2 Å². The lowest BCUT2D eigenvalue weighted by molar-refractivity contribution is -0.966. The molecule has 4 bridgehead atoms. The Labute approximate surface area is 105 Å². The van der Waals surface area contributed by atoms with Gasteiger partial charge in [-0.3, -0.25) is 0 Å². The first-order chi connectivity index (χ1) is 8.19. The average molecular weight is 235 g/mol. The van der Waals surface area contributed by atoms with E-state index in [-0.39, 0.29) is 0 Å². The van der Waals surface area contributed by atoms with E-state index < -0.39 is 0 Å². The summed E-state index contributed by atoms with van der Waals surface area (Å²) in [5, 5.41) is 3.56. The van der Waals surface area contributed by atoms with Crippen LogP contribution in [0.3, 0.4) is 0 Å². The van der Waals surface area contributed by atoms with Gasteiger partial charge in [-0.15, -0.1) is 0 Å². The van der Waals surface area contributed by atoms with E-state index in [0.717, 1.165) is 17.8 Å². The Kier molecular flexibility index (Phi) is 2.21. The van der Waals surface area contributed by atoms with Gasteiger partial charge >= 0.3 is 0 Å². The molecule has 1 aliphatic heterocycles. The fourth-order valence-corrected chi connectivity index (χ4v) is 6.09. The van der Waals surface area contributed by atoms with Crippen molar-refractivity contribution in [1.82, 2.24) is 5.32 Å². The zero-order valence-electron chi connectivity index (χ0n) is 11.3. The highest BCUT2D eigenvalue weighted by molar-refractivity contribution is 5.03. The fourth-order valence-electron chi connectivity index (χ4n) is 6.09. The highest BCUT2D eigenvalue weighted by Crippen LogP contribution is 2.59. The summed E-state index contributed by atoms with van der Waals surface area (Å²) in [6, 6.07) is 0. The molecule has 0 spiro atoms. The summed E-state index contributed by atoms with van der Waals surface area (Å²) in [5.74, 6) is 3.31. The molecule has 0 aromatic carbocycles. The number of rotatable bonds is 1. The van der Waals surface area contributed by atoms with E-state index in [9.17, 15) is 0 Å². The van der Waals surface area contributed by atoms with E-state index in [4.69, 9.17) is 0 Å². The van der Waals surface area contributed by atoms with Gasteiger partial charge < -0.3 is 9.80 Å². The summed E-state index contributed by atoms with van der Waals surface area (Å²) in [4.78, 5) is 0. The molecule has 96 valence electrons. The second-order valence-electron chi connectivity index (χ2n) is 7.74. The number of hydrogen-bond donors (Lipinski definition) is 1. The summed E-state index contributed by atoms with van der Waals surface area (Å²) in [6.45, 7) is 5.26. The van der Waals surface area contributed by atoms with Gasteiger partial charge in [0, 0.05) is 32.4 Å². The molecule has 1 N–H and O–H groups in total. The molecule has 5 aliphatic rings.